The van der Waals surface area contributed by atoms with Gasteiger partial charge in [0.05, 0.1) is 34.3 Å². The summed E-state index contributed by atoms with van der Waals surface area (Å²) in [4.78, 5) is 8.42. The fraction of sp³-hybridized carbons (Fsp3) is 0.136. The van der Waals surface area contributed by atoms with Crippen LogP contribution in [0.3, 0.4) is 0 Å². The highest BCUT2D eigenvalue weighted by Crippen LogP contribution is 2.36. The van der Waals surface area contributed by atoms with Gasteiger partial charge in [-0.2, -0.15) is 5.26 Å². The zero-order chi connectivity index (χ0) is 22.8. The lowest BCUT2D eigenvalue weighted by Crippen LogP contribution is -1.98. The lowest BCUT2D eigenvalue weighted by atomic mass is 10.1. The molecule has 160 valence electrons. The molecular weight excluding hydrogens is 456 g/mol. The summed E-state index contributed by atoms with van der Waals surface area (Å²) in [6.07, 6.45) is 1.61. The molecule has 0 N–H and O–H groups in total. The minimum atomic E-state index is -0.689. The van der Waals surface area contributed by atoms with Gasteiger partial charge >= 0.3 is 0 Å². The van der Waals surface area contributed by atoms with Gasteiger partial charge < -0.3 is 9.15 Å². The molecule has 0 amide bonds. The first kappa shape index (κ1) is 21.7. The van der Waals surface area contributed by atoms with E-state index in [1.54, 1.807) is 13.1 Å². The number of rotatable bonds is 5. The van der Waals surface area contributed by atoms with Crippen LogP contribution < -0.4 is 4.74 Å². The van der Waals surface area contributed by atoms with Crippen LogP contribution in [-0.2, 0) is 6.42 Å². The second-order valence-corrected chi connectivity index (χ2v) is 7.68. The van der Waals surface area contributed by atoms with E-state index in [9.17, 15) is 0 Å². The molecule has 0 aliphatic carbocycles. The summed E-state index contributed by atoms with van der Waals surface area (Å²) >= 11 is 12.1. The minimum Gasteiger partial charge on any atom is -0.453 e. The van der Waals surface area contributed by atoms with Crippen molar-refractivity contribution in [3.8, 4) is 29.0 Å². The number of nitrogens with zero attached hydrogens (tertiary/aromatic N) is 5. The SMILES string of the molecule is Cc1ncc(-c2nnc(Cc3ccc(Cl)c(Oc4cc(Cl)cc(C#N)c4)c3F)o2)c(C)n1. The first-order valence-electron chi connectivity index (χ1n) is 9.32. The average Bonchev–Trinajstić information content (AvgIpc) is 3.21. The number of aryl methyl sites for hydroxylation is 2. The molecule has 2 aromatic carbocycles. The average molecular weight is 470 g/mol. The first-order valence-corrected chi connectivity index (χ1v) is 10.1. The predicted molar refractivity (Wildman–Crippen MR) is 115 cm³/mol. The molecule has 0 aliphatic rings. The van der Waals surface area contributed by atoms with Crippen LogP contribution in [0.4, 0.5) is 4.39 Å². The minimum absolute atomic E-state index is 0.0110. The first-order chi connectivity index (χ1) is 15.3. The zero-order valence-corrected chi connectivity index (χ0v) is 18.4. The number of nitriles is 1. The van der Waals surface area contributed by atoms with Crippen molar-refractivity contribution < 1.29 is 13.5 Å². The van der Waals surface area contributed by atoms with Crippen LogP contribution in [0, 0.1) is 31.0 Å². The highest BCUT2D eigenvalue weighted by Gasteiger charge is 2.19. The van der Waals surface area contributed by atoms with Crippen LogP contribution in [0.1, 0.15) is 28.5 Å². The lowest BCUT2D eigenvalue weighted by Gasteiger charge is -2.11. The van der Waals surface area contributed by atoms with E-state index in [0.717, 1.165) is 0 Å². The van der Waals surface area contributed by atoms with Crippen molar-refractivity contribution in [2.45, 2.75) is 20.3 Å². The quantitative estimate of drug-likeness (QED) is 0.361. The Morgan fingerprint density at radius 3 is 2.72 bits per heavy atom. The van der Waals surface area contributed by atoms with Gasteiger partial charge in [0.15, 0.2) is 11.6 Å². The molecule has 0 unspecified atom stereocenters. The summed E-state index contributed by atoms with van der Waals surface area (Å²) in [7, 11) is 0. The summed E-state index contributed by atoms with van der Waals surface area (Å²) in [6, 6.07) is 9.33. The van der Waals surface area contributed by atoms with Gasteiger partial charge in [-0.1, -0.05) is 29.3 Å². The van der Waals surface area contributed by atoms with E-state index in [0.29, 0.717) is 17.1 Å². The zero-order valence-electron chi connectivity index (χ0n) is 16.9. The maximum atomic E-state index is 15.2. The smallest absolute Gasteiger partial charge is 0.251 e. The van der Waals surface area contributed by atoms with Gasteiger partial charge in [0.1, 0.15) is 11.6 Å². The number of aromatic nitrogens is 4. The summed E-state index contributed by atoms with van der Waals surface area (Å²) in [5.41, 5.74) is 1.80. The molecule has 10 heteroatoms. The summed E-state index contributed by atoms with van der Waals surface area (Å²) in [5.74, 6) is 0.363. The van der Waals surface area contributed by atoms with E-state index in [1.807, 2.05) is 13.0 Å². The molecule has 0 atom stereocenters. The molecule has 0 saturated carbocycles. The Morgan fingerprint density at radius 1 is 1.16 bits per heavy atom. The Morgan fingerprint density at radius 2 is 1.97 bits per heavy atom. The van der Waals surface area contributed by atoms with Crippen molar-refractivity contribution in [1.82, 2.24) is 20.2 Å². The Kier molecular flexibility index (Phi) is 6.04. The predicted octanol–water partition coefficient (Wildman–Crippen LogP) is 5.84. The van der Waals surface area contributed by atoms with E-state index in [2.05, 4.69) is 20.2 Å². The normalized spacial score (nSPS) is 10.8. The van der Waals surface area contributed by atoms with Crippen molar-refractivity contribution in [3.05, 3.63) is 80.9 Å². The number of hydrogen-bond acceptors (Lipinski definition) is 7. The third kappa shape index (κ3) is 4.54. The van der Waals surface area contributed by atoms with Gasteiger partial charge in [0.2, 0.25) is 5.89 Å². The molecule has 0 aliphatic heterocycles. The van der Waals surface area contributed by atoms with Crippen molar-refractivity contribution in [1.29, 1.82) is 5.26 Å². The van der Waals surface area contributed by atoms with Crippen molar-refractivity contribution in [2.75, 3.05) is 0 Å². The van der Waals surface area contributed by atoms with Crippen molar-refractivity contribution in [3.63, 3.8) is 0 Å². The maximum absolute atomic E-state index is 15.2. The molecule has 7 nitrogen and oxygen atoms in total. The van der Waals surface area contributed by atoms with Crippen LogP contribution >= 0.6 is 23.2 Å². The second kappa shape index (κ2) is 8.91. The van der Waals surface area contributed by atoms with E-state index < -0.39 is 5.82 Å². The van der Waals surface area contributed by atoms with Crippen LogP contribution in [0.25, 0.3) is 11.5 Å². The second-order valence-electron chi connectivity index (χ2n) is 6.83. The Bertz CT molecular complexity index is 1370. The molecule has 4 rings (SSSR count). The van der Waals surface area contributed by atoms with Gasteiger partial charge in [-0.3, -0.25) is 0 Å². The van der Waals surface area contributed by atoms with E-state index in [4.69, 9.17) is 37.6 Å². The fourth-order valence-corrected chi connectivity index (χ4v) is 3.41. The summed E-state index contributed by atoms with van der Waals surface area (Å²) in [5, 5.41) is 17.4. The molecule has 32 heavy (non-hydrogen) atoms. The van der Waals surface area contributed by atoms with Gasteiger partial charge in [0, 0.05) is 16.8 Å². The van der Waals surface area contributed by atoms with Crippen molar-refractivity contribution in [2.24, 2.45) is 0 Å². The number of benzene rings is 2. The Balaban J connectivity index is 1.62. The number of halogens is 3. The molecule has 2 aromatic heterocycles. The maximum Gasteiger partial charge on any atom is 0.251 e. The standard InChI is InChI=1S/C22H14Cl2FN5O2/c1-11-17(10-27-12(2)28-11)22-30-29-19(32-22)7-14-3-4-18(24)21(20(14)25)31-16-6-13(9-26)5-15(23)8-16/h3-6,8,10H,7H2,1-2H3. The highest BCUT2D eigenvalue weighted by molar-refractivity contribution is 6.32. The Hall–Kier alpha value is -3.54. The highest BCUT2D eigenvalue weighted by atomic mass is 35.5. The van der Waals surface area contributed by atoms with Gasteiger partial charge in [0.25, 0.3) is 5.89 Å². The molecular formula is C22H14Cl2FN5O2. The lowest BCUT2D eigenvalue weighted by molar-refractivity contribution is 0.437. The molecule has 2 heterocycles. The van der Waals surface area contributed by atoms with E-state index >= 15 is 4.39 Å². The molecule has 0 saturated heterocycles. The molecule has 0 radical (unpaired) electrons. The Labute approximate surface area is 192 Å². The fourth-order valence-electron chi connectivity index (χ4n) is 3.00. The molecule has 0 fully saturated rings. The third-order valence-electron chi connectivity index (χ3n) is 4.49. The summed E-state index contributed by atoms with van der Waals surface area (Å²) in [6.45, 7) is 3.59. The topological polar surface area (TPSA) is 97.7 Å². The van der Waals surface area contributed by atoms with Crippen LogP contribution in [0.5, 0.6) is 11.5 Å². The number of ether oxygens (including phenoxy) is 1. The van der Waals surface area contributed by atoms with Crippen molar-refractivity contribution >= 4 is 23.2 Å². The van der Waals surface area contributed by atoms with Gasteiger partial charge in [-0.15, -0.1) is 10.2 Å². The molecule has 4 aromatic rings. The monoisotopic (exact) mass is 469 g/mol. The van der Waals surface area contributed by atoms with Crippen LogP contribution in [0.2, 0.25) is 10.0 Å². The van der Waals surface area contributed by atoms with Crippen LogP contribution in [0.15, 0.2) is 40.9 Å². The number of hydrogen-bond donors (Lipinski definition) is 0. The van der Waals surface area contributed by atoms with Gasteiger partial charge in [-0.05, 0) is 38.1 Å². The van der Waals surface area contributed by atoms with Crippen LogP contribution in [-0.4, -0.2) is 20.2 Å². The van der Waals surface area contributed by atoms with E-state index in [-0.39, 0.29) is 50.9 Å². The molecule has 0 bridgehead atoms. The summed E-state index contributed by atoms with van der Waals surface area (Å²) < 4.78 is 26.5. The van der Waals surface area contributed by atoms with E-state index in [1.165, 1.54) is 30.3 Å². The third-order valence-corrected chi connectivity index (χ3v) is 5.00. The van der Waals surface area contributed by atoms with Gasteiger partial charge in [-0.25, -0.2) is 14.4 Å². The molecule has 0 spiro atoms. The largest absolute Gasteiger partial charge is 0.453 e.